The molecule has 2 rings (SSSR count). The van der Waals surface area contributed by atoms with Gasteiger partial charge in [0.25, 0.3) is 5.91 Å². The molecule has 166 valence electrons. The molecular weight excluding hydrogens is 376 g/mol. The minimum atomic E-state index is -0.499. The van der Waals surface area contributed by atoms with Gasteiger partial charge in [-0.2, -0.15) is 0 Å². The van der Waals surface area contributed by atoms with E-state index in [2.05, 4.69) is 25.7 Å². The van der Waals surface area contributed by atoms with E-state index in [1.807, 2.05) is 24.3 Å². The SMILES string of the molecule is CCCCN(CCCC)CCCN1C(=O)C(O)=C(C(C)=O)[C@H]1c1ccc(CC)cc1. The fourth-order valence-corrected chi connectivity index (χ4v) is 4.09. The maximum Gasteiger partial charge on any atom is 0.290 e. The molecule has 0 fully saturated rings. The first-order valence-corrected chi connectivity index (χ1v) is 11.5. The Bertz CT molecular complexity index is 731. The van der Waals surface area contributed by atoms with E-state index in [0.29, 0.717) is 6.54 Å². The third kappa shape index (κ3) is 5.94. The number of hydrogen-bond donors (Lipinski definition) is 1. The molecule has 30 heavy (non-hydrogen) atoms. The molecular formula is C25H38N2O3. The Kier molecular flexibility index (Phi) is 9.57. The molecule has 0 unspecified atom stereocenters. The van der Waals surface area contributed by atoms with Gasteiger partial charge in [0.05, 0.1) is 11.6 Å². The molecule has 0 aromatic heterocycles. The van der Waals surface area contributed by atoms with Crippen molar-refractivity contribution in [1.29, 1.82) is 0 Å². The maximum absolute atomic E-state index is 12.8. The van der Waals surface area contributed by atoms with Gasteiger partial charge in [0.2, 0.25) is 0 Å². The van der Waals surface area contributed by atoms with E-state index < -0.39 is 11.9 Å². The van der Waals surface area contributed by atoms with Crippen LogP contribution in [0.2, 0.25) is 0 Å². The van der Waals surface area contributed by atoms with Gasteiger partial charge < -0.3 is 14.9 Å². The van der Waals surface area contributed by atoms with Crippen LogP contribution >= 0.6 is 0 Å². The highest BCUT2D eigenvalue weighted by Gasteiger charge is 2.41. The van der Waals surface area contributed by atoms with Crippen molar-refractivity contribution in [2.45, 2.75) is 72.3 Å². The standard InChI is InChI=1S/C25H38N2O3/c1-5-8-15-26(16-9-6-2)17-10-18-27-23(21-13-11-20(7-3)12-14-21)22(19(4)28)24(29)25(27)30/h11-14,23,29H,5-10,15-18H2,1-4H3/t23-/m1/s1. The highest BCUT2D eigenvalue weighted by Crippen LogP contribution is 2.37. The number of benzene rings is 1. The monoisotopic (exact) mass is 414 g/mol. The number of unbranched alkanes of at least 4 members (excludes halogenated alkanes) is 2. The molecule has 1 aliphatic rings. The Labute approximate surface area is 181 Å². The molecule has 1 amide bonds. The van der Waals surface area contributed by atoms with Crippen LogP contribution in [0.4, 0.5) is 0 Å². The van der Waals surface area contributed by atoms with E-state index in [4.69, 9.17) is 0 Å². The van der Waals surface area contributed by atoms with E-state index in [1.54, 1.807) is 4.90 Å². The third-order valence-corrected chi connectivity index (χ3v) is 5.92. The predicted octanol–water partition coefficient (Wildman–Crippen LogP) is 4.83. The number of carbonyl (C=O) groups is 2. The van der Waals surface area contributed by atoms with Crippen molar-refractivity contribution in [2.24, 2.45) is 0 Å². The second kappa shape index (κ2) is 11.9. The molecule has 1 atom stereocenters. The summed E-state index contributed by atoms with van der Waals surface area (Å²) in [6, 6.07) is 7.51. The van der Waals surface area contributed by atoms with Crippen molar-refractivity contribution in [3.05, 3.63) is 46.7 Å². The number of aliphatic hydroxyl groups excluding tert-OH is 1. The van der Waals surface area contributed by atoms with Gasteiger partial charge in [-0.1, -0.05) is 57.9 Å². The van der Waals surface area contributed by atoms with Crippen molar-refractivity contribution in [1.82, 2.24) is 9.80 Å². The Morgan fingerprint density at radius 3 is 2.07 bits per heavy atom. The Morgan fingerprint density at radius 2 is 1.57 bits per heavy atom. The van der Waals surface area contributed by atoms with E-state index in [0.717, 1.165) is 38.0 Å². The topological polar surface area (TPSA) is 60.9 Å². The number of nitrogens with zero attached hydrogens (tertiary/aromatic N) is 2. The van der Waals surface area contributed by atoms with Gasteiger partial charge in [-0.15, -0.1) is 0 Å². The first kappa shape index (κ1) is 24.1. The summed E-state index contributed by atoms with van der Waals surface area (Å²) in [6.07, 6.45) is 6.44. The smallest absolute Gasteiger partial charge is 0.290 e. The van der Waals surface area contributed by atoms with Crippen LogP contribution in [-0.2, 0) is 16.0 Å². The summed E-state index contributed by atoms with van der Waals surface area (Å²) in [5.41, 5.74) is 2.30. The molecule has 0 radical (unpaired) electrons. The molecule has 1 N–H and O–H groups in total. The van der Waals surface area contributed by atoms with Crippen LogP contribution < -0.4 is 0 Å². The largest absolute Gasteiger partial charge is 0.503 e. The zero-order valence-electron chi connectivity index (χ0n) is 19.1. The summed E-state index contributed by atoms with van der Waals surface area (Å²) in [4.78, 5) is 29.2. The van der Waals surface area contributed by atoms with Crippen LogP contribution in [0.5, 0.6) is 0 Å². The highest BCUT2D eigenvalue weighted by atomic mass is 16.3. The summed E-state index contributed by atoms with van der Waals surface area (Å²) in [5, 5.41) is 10.4. The molecule has 1 aromatic rings. The summed E-state index contributed by atoms with van der Waals surface area (Å²) >= 11 is 0. The van der Waals surface area contributed by atoms with Gasteiger partial charge in [-0.3, -0.25) is 9.59 Å². The van der Waals surface area contributed by atoms with Crippen LogP contribution in [0, 0.1) is 0 Å². The normalized spacial score (nSPS) is 16.8. The fourth-order valence-electron chi connectivity index (χ4n) is 4.09. The number of hydrogen-bond acceptors (Lipinski definition) is 4. The Morgan fingerprint density at radius 1 is 1.00 bits per heavy atom. The molecule has 5 heteroatoms. The lowest BCUT2D eigenvalue weighted by Crippen LogP contribution is -2.35. The van der Waals surface area contributed by atoms with Crippen molar-refractivity contribution in [3.63, 3.8) is 0 Å². The molecule has 0 spiro atoms. The van der Waals surface area contributed by atoms with Gasteiger partial charge in [-0.05, 0) is 63.4 Å². The van der Waals surface area contributed by atoms with E-state index in [-0.39, 0.29) is 17.1 Å². The van der Waals surface area contributed by atoms with Gasteiger partial charge >= 0.3 is 0 Å². The molecule has 1 aromatic carbocycles. The zero-order chi connectivity index (χ0) is 22.1. The quantitative estimate of drug-likeness (QED) is 0.502. The number of amides is 1. The van der Waals surface area contributed by atoms with Gasteiger partial charge in [0, 0.05) is 6.54 Å². The minimum absolute atomic E-state index is 0.220. The second-order valence-corrected chi connectivity index (χ2v) is 8.22. The summed E-state index contributed by atoms with van der Waals surface area (Å²) in [5.74, 6) is -1.07. The number of carbonyl (C=O) groups excluding carboxylic acids is 2. The fraction of sp³-hybridized carbons (Fsp3) is 0.600. The van der Waals surface area contributed by atoms with Crippen molar-refractivity contribution in [3.8, 4) is 0 Å². The summed E-state index contributed by atoms with van der Waals surface area (Å²) < 4.78 is 0. The average molecular weight is 415 g/mol. The van der Waals surface area contributed by atoms with E-state index in [9.17, 15) is 14.7 Å². The first-order valence-electron chi connectivity index (χ1n) is 11.5. The first-order chi connectivity index (χ1) is 14.4. The van der Waals surface area contributed by atoms with Crippen LogP contribution in [0.1, 0.15) is 77.0 Å². The zero-order valence-corrected chi connectivity index (χ0v) is 19.1. The number of ketones is 1. The van der Waals surface area contributed by atoms with Gasteiger partial charge in [-0.25, -0.2) is 0 Å². The lowest BCUT2D eigenvalue weighted by Gasteiger charge is -2.28. The molecule has 5 nitrogen and oxygen atoms in total. The van der Waals surface area contributed by atoms with Crippen molar-refractivity contribution in [2.75, 3.05) is 26.2 Å². The minimum Gasteiger partial charge on any atom is -0.503 e. The average Bonchev–Trinajstić information content (AvgIpc) is 3.00. The number of aliphatic hydroxyl groups is 1. The van der Waals surface area contributed by atoms with Crippen molar-refractivity contribution >= 4 is 11.7 Å². The third-order valence-electron chi connectivity index (χ3n) is 5.92. The lowest BCUT2D eigenvalue weighted by atomic mass is 9.95. The van der Waals surface area contributed by atoms with Gasteiger partial charge in [0.15, 0.2) is 11.5 Å². The van der Waals surface area contributed by atoms with Crippen LogP contribution in [0.25, 0.3) is 0 Å². The number of Topliss-reactive ketones (excluding diaryl/α,β-unsaturated/α-hetero) is 1. The Balaban J connectivity index is 2.15. The predicted molar refractivity (Wildman–Crippen MR) is 121 cm³/mol. The van der Waals surface area contributed by atoms with Crippen LogP contribution in [0.3, 0.4) is 0 Å². The van der Waals surface area contributed by atoms with E-state index in [1.165, 1.54) is 38.2 Å². The molecule has 0 aliphatic carbocycles. The summed E-state index contributed by atoms with van der Waals surface area (Å²) in [7, 11) is 0. The summed E-state index contributed by atoms with van der Waals surface area (Å²) in [6.45, 7) is 11.5. The molecule has 1 heterocycles. The molecule has 0 saturated carbocycles. The molecule has 1 aliphatic heterocycles. The molecule has 0 bridgehead atoms. The van der Waals surface area contributed by atoms with Crippen LogP contribution in [-0.4, -0.2) is 52.8 Å². The van der Waals surface area contributed by atoms with Crippen molar-refractivity contribution < 1.29 is 14.7 Å². The number of rotatable bonds is 13. The van der Waals surface area contributed by atoms with E-state index >= 15 is 0 Å². The second-order valence-electron chi connectivity index (χ2n) is 8.22. The Hall–Kier alpha value is -2.14. The highest BCUT2D eigenvalue weighted by molar-refractivity contribution is 6.08. The maximum atomic E-state index is 12.8. The molecule has 0 saturated heterocycles. The van der Waals surface area contributed by atoms with Crippen LogP contribution in [0.15, 0.2) is 35.6 Å². The lowest BCUT2D eigenvalue weighted by molar-refractivity contribution is -0.129. The number of aryl methyl sites for hydroxylation is 1. The van der Waals surface area contributed by atoms with Gasteiger partial charge in [0.1, 0.15) is 0 Å².